The second-order valence-corrected chi connectivity index (χ2v) is 3.95. The fourth-order valence-electron chi connectivity index (χ4n) is 1.09. The number of rotatable bonds is 5. The van der Waals surface area contributed by atoms with Crippen LogP contribution < -0.4 is 0 Å². The number of hydrogen-bond donors (Lipinski definition) is 0. The average Bonchev–Trinajstić information content (AvgIpc) is 2.18. The van der Waals surface area contributed by atoms with Crippen LogP contribution in [0.25, 0.3) is 6.08 Å². The molecule has 76 valence electrons. The fourth-order valence-corrected chi connectivity index (χ4v) is 1.51. The molecule has 1 rings (SSSR count). The highest BCUT2D eigenvalue weighted by Crippen LogP contribution is 2.12. The number of benzene rings is 1. The van der Waals surface area contributed by atoms with E-state index in [1.165, 1.54) is 5.56 Å². The van der Waals surface area contributed by atoms with Crippen molar-refractivity contribution in [2.24, 2.45) is 0 Å². The molecule has 0 bridgehead atoms. The maximum atomic E-state index is 5.34. The molecule has 0 saturated heterocycles. The molecule has 0 fully saturated rings. The monoisotopic (exact) mass is 254 g/mol. The van der Waals surface area contributed by atoms with Gasteiger partial charge in [0.15, 0.2) is 0 Å². The lowest BCUT2D eigenvalue weighted by atomic mass is 10.2. The lowest BCUT2D eigenvalue weighted by molar-refractivity contribution is 0.163. The Kier molecular flexibility index (Phi) is 5.57. The lowest BCUT2D eigenvalue weighted by Gasteiger charge is -1.97. The van der Waals surface area contributed by atoms with Gasteiger partial charge in [-0.1, -0.05) is 47.1 Å². The molecular weight excluding hydrogens is 240 g/mol. The zero-order valence-electron chi connectivity index (χ0n) is 8.37. The third kappa shape index (κ3) is 4.58. The molecule has 1 aromatic carbocycles. The molecule has 0 aliphatic carbocycles. The van der Waals surface area contributed by atoms with Gasteiger partial charge in [0.25, 0.3) is 0 Å². The predicted octanol–water partition coefficient (Wildman–Crippen LogP) is 3.89. The molecule has 1 nitrogen and oxygen atoms in total. The summed E-state index contributed by atoms with van der Waals surface area (Å²) >= 11 is 3.43. The Morgan fingerprint density at radius 3 is 3.00 bits per heavy atom. The molecule has 2 heteroatoms. The van der Waals surface area contributed by atoms with Crippen molar-refractivity contribution < 1.29 is 4.74 Å². The average molecular weight is 255 g/mol. The fraction of sp³-hybridized carbons (Fsp3) is 0.333. The SMILES string of the molecule is CCCOCC=Cc1cccc(Br)c1. The predicted molar refractivity (Wildman–Crippen MR) is 64.3 cm³/mol. The number of ether oxygens (including phenoxy) is 1. The minimum absolute atomic E-state index is 0.695. The van der Waals surface area contributed by atoms with Gasteiger partial charge >= 0.3 is 0 Å². The molecule has 0 amide bonds. The zero-order valence-corrected chi connectivity index (χ0v) is 9.96. The highest BCUT2D eigenvalue weighted by atomic mass is 79.9. The third-order valence-corrected chi connectivity index (χ3v) is 2.21. The van der Waals surface area contributed by atoms with E-state index in [2.05, 4.69) is 41.1 Å². The van der Waals surface area contributed by atoms with Gasteiger partial charge in [-0.15, -0.1) is 0 Å². The van der Waals surface area contributed by atoms with E-state index in [-0.39, 0.29) is 0 Å². The van der Waals surface area contributed by atoms with Crippen molar-refractivity contribution in [2.45, 2.75) is 13.3 Å². The molecule has 1 aromatic rings. The van der Waals surface area contributed by atoms with E-state index < -0.39 is 0 Å². The van der Waals surface area contributed by atoms with Crippen LogP contribution in [0, 0.1) is 0 Å². The molecule has 0 radical (unpaired) electrons. The van der Waals surface area contributed by atoms with Crippen LogP contribution in [-0.2, 0) is 4.74 Å². The van der Waals surface area contributed by atoms with Crippen LogP contribution in [0.15, 0.2) is 34.8 Å². The first-order valence-electron chi connectivity index (χ1n) is 4.83. The molecule has 14 heavy (non-hydrogen) atoms. The van der Waals surface area contributed by atoms with E-state index in [0.717, 1.165) is 17.5 Å². The Labute approximate surface area is 93.9 Å². The third-order valence-electron chi connectivity index (χ3n) is 1.72. The Hall–Kier alpha value is -0.600. The molecule has 0 heterocycles. The maximum Gasteiger partial charge on any atom is 0.0650 e. The lowest BCUT2D eigenvalue weighted by Crippen LogP contribution is -1.91. The Balaban J connectivity index is 2.36. The molecule has 0 spiro atoms. The molecule has 0 N–H and O–H groups in total. The van der Waals surface area contributed by atoms with Crippen LogP contribution >= 0.6 is 15.9 Å². The zero-order chi connectivity index (χ0) is 10.2. The van der Waals surface area contributed by atoms with Gasteiger partial charge in [-0.3, -0.25) is 0 Å². The molecule has 0 atom stereocenters. The normalized spacial score (nSPS) is 11.0. The first-order valence-corrected chi connectivity index (χ1v) is 5.62. The summed E-state index contributed by atoms with van der Waals surface area (Å²) in [5.74, 6) is 0. The van der Waals surface area contributed by atoms with Gasteiger partial charge in [-0.2, -0.15) is 0 Å². The molecule has 0 aromatic heterocycles. The summed E-state index contributed by atoms with van der Waals surface area (Å²) in [6, 6.07) is 8.19. The summed E-state index contributed by atoms with van der Waals surface area (Å²) in [4.78, 5) is 0. The number of hydrogen-bond acceptors (Lipinski definition) is 1. The second kappa shape index (κ2) is 6.80. The number of halogens is 1. The topological polar surface area (TPSA) is 9.23 Å². The van der Waals surface area contributed by atoms with Crippen molar-refractivity contribution in [1.29, 1.82) is 0 Å². The minimum Gasteiger partial charge on any atom is -0.377 e. The van der Waals surface area contributed by atoms with Crippen LogP contribution in [0.2, 0.25) is 0 Å². The summed E-state index contributed by atoms with van der Waals surface area (Å²) in [5.41, 5.74) is 1.19. The van der Waals surface area contributed by atoms with E-state index in [0.29, 0.717) is 6.61 Å². The molecule has 0 unspecified atom stereocenters. The van der Waals surface area contributed by atoms with Crippen molar-refractivity contribution in [3.8, 4) is 0 Å². The van der Waals surface area contributed by atoms with Crippen molar-refractivity contribution in [1.82, 2.24) is 0 Å². The van der Waals surface area contributed by atoms with E-state index in [9.17, 15) is 0 Å². The summed E-state index contributed by atoms with van der Waals surface area (Å²) in [6.45, 7) is 3.64. The van der Waals surface area contributed by atoms with Gasteiger partial charge in [0, 0.05) is 11.1 Å². The Morgan fingerprint density at radius 1 is 1.43 bits per heavy atom. The van der Waals surface area contributed by atoms with Gasteiger partial charge in [-0.05, 0) is 24.1 Å². The summed E-state index contributed by atoms with van der Waals surface area (Å²) < 4.78 is 6.44. The van der Waals surface area contributed by atoms with Crippen molar-refractivity contribution in [3.63, 3.8) is 0 Å². The largest absolute Gasteiger partial charge is 0.377 e. The second-order valence-electron chi connectivity index (χ2n) is 3.03. The Morgan fingerprint density at radius 2 is 2.29 bits per heavy atom. The van der Waals surface area contributed by atoms with Crippen LogP contribution in [0.4, 0.5) is 0 Å². The van der Waals surface area contributed by atoms with E-state index in [1.54, 1.807) is 0 Å². The first-order chi connectivity index (χ1) is 6.83. The van der Waals surface area contributed by atoms with Crippen LogP contribution in [0.5, 0.6) is 0 Å². The molecular formula is C12H15BrO. The highest BCUT2D eigenvalue weighted by molar-refractivity contribution is 9.10. The summed E-state index contributed by atoms with van der Waals surface area (Å²) in [7, 11) is 0. The molecule has 0 saturated carbocycles. The van der Waals surface area contributed by atoms with Gasteiger partial charge in [0.1, 0.15) is 0 Å². The van der Waals surface area contributed by atoms with Crippen molar-refractivity contribution in [2.75, 3.05) is 13.2 Å². The van der Waals surface area contributed by atoms with E-state index in [4.69, 9.17) is 4.74 Å². The van der Waals surface area contributed by atoms with Gasteiger partial charge in [-0.25, -0.2) is 0 Å². The summed E-state index contributed by atoms with van der Waals surface area (Å²) in [5, 5.41) is 0. The standard InChI is InChI=1S/C12H15BrO/c1-2-8-14-9-4-6-11-5-3-7-12(13)10-11/h3-7,10H,2,8-9H2,1H3. The van der Waals surface area contributed by atoms with Gasteiger partial charge in [0.05, 0.1) is 6.61 Å². The van der Waals surface area contributed by atoms with Gasteiger partial charge in [0.2, 0.25) is 0 Å². The van der Waals surface area contributed by atoms with Crippen molar-refractivity contribution in [3.05, 3.63) is 40.4 Å². The van der Waals surface area contributed by atoms with Crippen LogP contribution in [0.1, 0.15) is 18.9 Å². The quantitative estimate of drug-likeness (QED) is 0.725. The van der Waals surface area contributed by atoms with Crippen molar-refractivity contribution >= 4 is 22.0 Å². The maximum absolute atomic E-state index is 5.34. The molecule has 0 aliphatic rings. The van der Waals surface area contributed by atoms with Crippen LogP contribution in [-0.4, -0.2) is 13.2 Å². The van der Waals surface area contributed by atoms with Gasteiger partial charge < -0.3 is 4.74 Å². The van der Waals surface area contributed by atoms with E-state index in [1.807, 2.05) is 18.2 Å². The van der Waals surface area contributed by atoms with Crippen LogP contribution in [0.3, 0.4) is 0 Å². The molecule has 0 aliphatic heterocycles. The smallest absolute Gasteiger partial charge is 0.0650 e. The van der Waals surface area contributed by atoms with E-state index >= 15 is 0 Å². The highest BCUT2D eigenvalue weighted by Gasteiger charge is 1.87. The first kappa shape index (κ1) is 11.5. The minimum atomic E-state index is 0.695. The summed E-state index contributed by atoms with van der Waals surface area (Å²) in [6.07, 6.45) is 5.18. The Bertz CT molecular complexity index is 294.